The minimum absolute atomic E-state index is 0.0747. The zero-order valence-electron chi connectivity index (χ0n) is 12.2. The number of hydrogen-bond donors (Lipinski definition) is 1. The van der Waals surface area contributed by atoms with Crippen molar-refractivity contribution in [2.75, 3.05) is 13.7 Å². The summed E-state index contributed by atoms with van der Waals surface area (Å²) in [5, 5.41) is 4.14. The Labute approximate surface area is 119 Å². The highest BCUT2D eigenvalue weighted by Crippen LogP contribution is 2.28. The van der Waals surface area contributed by atoms with E-state index in [1.54, 1.807) is 11.8 Å². The van der Waals surface area contributed by atoms with Crippen molar-refractivity contribution in [2.45, 2.75) is 19.4 Å². The van der Waals surface area contributed by atoms with Gasteiger partial charge < -0.3 is 15.2 Å². The molecule has 0 aliphatic carbocycles. The molecule has 2 aromatic rings. The van der Waals surface area contributed by atoms with E-state index in [-0.39, 0.29) is 6.04 Å². The van der Waals surface area contributed by atoms with Crippen molar-refractivity contribution in [1.29, 1.82) is 0 Å². The maximum absolute atomic E-state index is 5.96. The van der Waals surface area contributed by atoms with Gasteiger partial charge in [0.15, 0.2) is 0 Å². The Morgan fingerprint density at radius 2 is 2.20 bits per heavy atom. The number of methoxy groups -OCH3 is 1. The highest BCUT2D eigenvalue weighted by Gasteiger charge is 2.10. The van der Waals surface area contributed by atoms with Crippen LogP contribution in [0.2, 0.25) is 0 Å². The zero-order chi connectivity index (χ0) is 14.5. The van der Waals surface area contributed by atoms with Gasteiger partial charge in [0.1, 0.15) is 11.5 Å². The van der Waals surface area contributed by atoms with Crippen molar-refractivity contribution in [2.24, 2.45) is 12.8 Å². The van der Waals surface area contributed by atoms with Crippen molar-refractivity contribution in [3.63, 3.8) is 0 Å². The third-order valence-corrected chi connectivity index (χ3v) is 3.12. The molecule has 0 radical (unpaired) electrons. The highest BCUT2D eigenvalue weighted by molar-refractivity contribution is 5.42. The second-order valence-corrected chi connectivity index (χ2v) is 4.81. The quantitative estimate of drug-likeness (QED) is 0.876. The predicted molar refractivity (Wildman–Crippen MR) is 78.0 cm³/mol. The molecule has 2 N–H and O–H groups in total. The number of rotatable bonds is 6. The van der Waals surface area contributed by atoms with Crippen LogP contribution < -0.4 is 15.2 Å². The van der Waals surface area contributed by atoms with E-state index in [0.29, 0.717) is 6.61 Å². The van der Waals surface area contributed by atoms with Crippen LogP contribution in [0, 0.1) is 0 Å². The van der Waals surface area contributed by atoms with E-state index in [9.17, 15) is 0 Å². The molecule has 0 fully saturated rings. The van der Waals surface area contributed by atoms with Crippen molar-refractivity contribution in [1.82, 2.24) is 9.78 Å². The number of hydrogen-bond acceptors (Lipinski definition) is 4. The first-order valence-electron chi connectivity index (χ1n) is 6.64. The van der Waals surface area contributed by atoms with Gasteiger partial charge in [-0.1, -0.05) is 6.07 Å². The van der Waals surface area contributed by atoms with Crippen molar-refractivity contribution in [3.05, 3.63) is 41.7 Å². The van der Waals surface area contributed by atoms with E-state index in [1.807, 2.05) is 44.6 Å². The van der Waals surface area contributed by atoms with Gasteiger partial charge in [-0.05, 0) is 18.6 Å². The smallest absolute Gasteiger partial charge is 0.127 e. The van der Waals surface area contributed by atoms with Crippen LogP contribution in [0.1, 0.15) is 24.1 Å². The number of aromatic nitrogens is 2. The van der Waals surface area contributed by atoms with Crippen LogP contribution in [-0.4, -0.2) is 23.5 Å². The van der Waals surface area contributed by atoms with Gasteiger partial charge in [0.25, 0.3) is 0 Å². The van der Waals surface area contributed by atoms with Gasteiger partial charge in [-0.15, -0.1) is 0 Å². The SMILES string of the molecule is COc1ccc([C@@H](C)N)c(OCCc2cnn(C)c2)c1. The normalized spacial score (nSPS) is 12.2. The molecule has 1 heterocycles. The molecule has 2 rings (SSSR count). The van der Waals surface area contributed by atoms with Gasteiger partial charge in [0.05, 0.1) is 19.9 Å². The maximum atomic E-state index is 5.96. The van der Waals surface area contributed by atoms with E-state index in [4.69, 9.17) is 15.2 Å². The summed E-state index contributed by atoms with van der Waals surface area (Å²) >= 11 is 0. The van der Waals surface area contributed by atoms with Crippen LogP contribution in [0.15, 0.2) is 30.6 Å². The molecular weight excluding hydrogens is 254 g/mol. The lowest BCUT2D eigenvalue weighted by atomic mass is 10.1. The molecule has 5 nitrogen and oxygen atoms in total. The fourth-order valence-electron chi connectivity index (χ4n) is 2.02. The largest absolute Gasteiger partial charge is 0.497 e. The van der Waals surface area contributed by atoms with Crippen molar-refractivity contribution >= 4 is 0 Å². The summed E-state index contributed by atoms with van der Waals surface area (Å²) in [5.74, 6) is 1.55. The molecule has 5 heteroatoms. The summed E-state index contributed by atoms with van der Waals surface area (Å²) in [6, 6.07) is 5.65. The Balaban J connectivity index is 2.03. The average molecular weight is 275 g/mol. The topological polar surface area (TPSA) is 62.3 Å². The second-order valence-electron chi connectivity index (χ2n) is 4.81. The van der Waals surface area contributed by atoms with E-state index < -0.39 is 0 Å². The first-order valence-corrected chi connectivity index (χ1v) is 6.64. The lowest BCUT2D eigenvalue weighted by molar-refractivity contribution is 0.314. The Kier molecular flexibility index (Phi) is 4.63. The third kappa shape index (κ3) is 3.51. The van der Waals surface area contributed by atoms with Gasteiger partial charge in [-0.2, -0.15) is 5.10 Å². The molecule has 108 valence electrons. The summed E-state index contributed by atoms with van der Waals surface area (Å²) in [5.41, 5.74) is 8.09. The number of nitrogens with two attached hydrogens (primary N) is 1. The molecule has 1 aromatic carbocycles. The Morgan fingerprint density at radius 1 is 1.40 bits per heavy atom. The third-order valence-electron chi connectivity index (χ3n) is 3.12. The monoisotopic (exact) mass is 275 g/mol. The molecule has 0 unspecified atom stereocenters. The zero-order valence-corrected chi connectivity index (χ0v) is 12.2. The van der Waals surface area contributed by atoms with Gasteiger partial charge in [0, 0.05) is 37.3 Å². The van der Waals surface area contributed by atoms with Crippen LogP contribution in [0.25, 0.3) is 0 Å². The van der Waals surface area contributed by atoms with E-state index in [0.717, 1.165) is 29.0 Å². The Morgan fingerprint density at radius 3 is 2.80 bits per heavy atom. The van der Waals surface area contributed by atoms with Crippen LogP contribution >= 0.6 is 0 Å². The van der Waals surface area contributed by atoms with Crippen molar-refractivity contribution in [3.8, 4) is 11.5 Å². The van der Waals surface area contributed by atoms with E-state index in [1.165, 1.54) is 0 Å². The summed E-state index contributed by atoms with van der Waals surface area (Å²) < 4.78 is 12.9. The molecule has 1 atom stereocenters. The molecule has 0 saturated carbocycles. The van der Waals surface area contributed by atoms with E-state index >= 15 is 0 Å². The number of benzene rings is 1. The Hall–Kier alpha value is -2.01. The van der Waals surface area contributed by atoms with Gasteiger partial charge in [-0.3, -0.25) is 4.68 Å². The first-order chi connectivity index (χ1) is 9.60. The lowest BCUT2D eigenvalue weighted by Gasteiger charge is -2.15. The molecule has 0 amide bonds. The fourth-order valence-corrected chi connectivity index (χ4v) is 2.02. The highest BCUT2D eigenvalue weighted by atomic mass is 16.5. The minimum Gasteiger partial charge on any atom is -0.497 e. The summed E-state index contributed by atoms with van der Waals surface area (Å²) in [4.78, 5) is 0. The summed E-state index contributed by atoms with van der Waals surface area (Å²) in [6.45, 7) is 2.52. The molecular formula is C15H21N3O2. The Bertz CT molecular complexity index is 564. The van der Waals surface area contributed by atoms with E-state index in [2.05, 4.69) is 5.10 Å². The average Bonchev–Trinajstić information content (AvgIpc) is 2.84. The fraction of sp³-hybridized carbons (Fsp3) is 0.400. The lowest BCUT2D eigenvalue weighted by Crippen LogP contribution is -2.09. The second kappa shape index (κ2) is 6.43. The molecule has 0 aliphatic heterocycles. The van der Waals surface area contributed by atoms with Gasteiger partial charge in [-0.25, -0.2) is 0 Å². The molecule has 0 saturated heterocycles. The standard InChI is InChI=1S/C15H21N3O2/c1-11(16)14-5-4-13(19-3)8-15(14)20-7-6-12-9-17-18(2)10-12/h4-5,8-11H,6-7,16H2,1-3H3/t11-/m1/s1. The van der Waals surface area contributed by atoms with Gasteiger partial charge >= 0.3 is 0 Å². The molecule has 0 aliphatic rings. The van der Waals surface area contributed by atoms with Crippen LogP contribution in [0.4, 0.5) is 0 Å². The summed E-state index contributed by atoms with van der Waals surface area (Å²) in [7, 11) is 3.54. The van der Waals surface area contributed by atoms with Crippen LogP contribution in [0.3, 0.4) is 0 Å². The van der Waals surface area contributed by atoms with Crippen molar-refractivity contribution < 1.29 is 9.47 Å². The first kappa shape index (κ1) is 14.4. The van der Waals surface area contributed by atoms with Crippen LogP contribution in [-0.2, 0) is 13.5 Å². The van der Waals surface area contributed by atoms with Gasteiger partial charge in [0.2, 0.25) is 0 Å². The maximum Gasteiger partial charge on any atom is 0.127 e. The van der Waals surface area contributed by atoms with Crippen LogP contribution in [0.5, 0.6) is 11.5 Å². The minimum atomic E-state index is -0.0747. The molecule has 20 heavy (non-hydrogen) atoms. The molecule has 0 bridgehead atoms. The summed E-state index contributed by atoms with van der Waals surface area (Å²) in [6.07, 6.45) is 4.65. The molecule has 1 aromatic heterocycles. The number of aryl methyl sites for hydroxylation is 1. The number of nitrogens with zero attached hydrogens (tertiary/aromatic N) is 2. The predicted octanol–water partition coefficient (Wildman–Crippen LogP) is 2.07. The number of ether oxygens (including phenoxy) is 2. The molecule has 0 spiro atoms.